The molecular weight excluding hydrogens is 518 g/mol. The summed E-state index contributed by atoms with van der Waals surface area (Å²) < 4.78 is 2.51. The van der Waals surface area contributed by atoms with E-state index in [-0.39, 0.29) is 11.3 Å². The van der Waals surface area contributed by atoms with E-state index in [0.29, 0.717) is 29.3 Å². The number of hydrogen-bond donors (Lipinski definition) is 0. The second-order valence-electron chi connectivity index (χ2n) is 12.6. The summed E-state index contributed by atoms with van der Waals surface area (Å²) in [5.74, 6) is 1.12. The van der Waals surface area contributed by atoms with Gasteiger partial charge < -0.3 is 9.47 Å². The quantitative estimate of drug-likeness (QED) is 0.266. The van der Waals surface area contributed by atoms with Crippen LogP contribution in [-0.4, -0.2) is 57.0 Å². The summed E-state index contributed by atoms with van der Waals surface area (Å²) in [5, 5.41) is 9.54. The third kappa shape index (κ3) is 4.70. The number of nitriles is 1. The molecule has 3 aromatic carbocycles. The summed E-state index contributed by atoms with van der Waals surface area (Å²) >= 11 is 0. The molecule has 0 radical (unpaired) electrons. The van der Waals surface area contributed by atoms with E-state index >= 15 is 0 Å². The van der Waals surface area contributed by atoms with E-state index in [9.17, 15) is 10.1 Å². The molecule has 2 bridgehead atoms. The second-order valence-corrected chi connectivity index (χ2v) is 12.6. The summed E-state index contributed by atoms with van der Waals surface area (Å²) in [6, 6.07) is 30.7. The highest BCUT2D eigenvalue weighted by atomic mass is 16.2. The number of amides is 1. The van der Waals surface area contributed by atoms with Crippen molar-refractivity contribution in [2.75, 3.05) is 19.6 Å². The third-order valence-electron chi connectivity index (χ3n) is 10.5. The van der Waals surface area contributed by atoms with Crippen molar-refractivity contribution in [2.45, 2.75) is 75.4 Å². The molecule has 4 aromatic rings. The predicted octanol–water partition coefficient (Wildman–Crippen LogP) is 6.65. The van der Waals surface area contributed by atoms with E-state index in [1.54, 1.807) is 12.1 Å². The molecule has 3 aliphatic rings. The zero-order valence-electron chi connectivity index (χ0n) is 24.5. The van der Waals surface area contributed by atoms with Gasteiger partial charge in [-0.25, -0.2) is 4.98 Å². The van der Waals surface area contributed by atoms with E-state index in [4.69, 9.17) is 4.98 Å². The van der Waals surface area contributed by atoms with Gasteiger partial charge in [-0.1, -0.05) is 54.6 Å². The highest BCUT2D eigenvalue weighted by Gasteiger charge is 2.44. The molecule has 42 heavy (non-hydrogen) atoms. The van der Waals surface area contributed by atoms with Crippen molar-refractivity contribution in [1.82, 2.24) is 19.4 Å². The summed E-state index contributed by atoms with van der Waals surface area (Å²) in [6.45, 7) is 4.70. The van der Waals surface area contributed by atoms with E-state index in [1.807, 2.05) is 17.0 Å². The molecular formula is C36H39N5O. The minimum Gasteiger partial charge on any atom is -0.339 e. The number of imidazole rings is 1. The van der Waals surface area contributed by atoms with Crippen molar-refractivity contribution >= 4 is 16.9 Å². The summed E-state index contributed by atoms with van der Waals surface area (Å²) in [4.78, 5) is 23.1. The van der Waals surface area contributed by atoms with Crippen molar-refractivity contribution in [3.8, 4) is 6.07 Å². The number of piperidine rings is 2. The zero-order chi connectivity index (χ0) is 28.7. The van der Waals surface area contributed by atoms with Crippen LogP contribution in [0.2, 0.25) is 0 Å². The highest BCUT2D eigenvalue weighted by Crippen LogP contribution is 2.45. The smallest absolute Gasteiger partial charge is 0.255 e. The average Bonchev–Trinajstić information content (AvgIpc) is 3.50. The van der Waals surface area contributed by atoms with Crippen LogP contribution in [0.1, 0.15) is 78.3 Å². The molecule has 214 valence electrons. The van der Waals surface area contributed by atoms with Gasteiger partial charge in [-0.05, 0) is 93.7 Å². The van der Waals surface area contributed by atoms with Gasteiger partial charge in [0, 0.05) is 31.2 Å². The molecule has 0 spiro atoms. The maximum Gasteiger partial charge on any atom is 0.255 e. The van der Waals surface area contributed by atoms with Crippen LogP contribution in [0.25, 0.3) is 11.0 Å². The molecule has 6 heteroatoms. The van der Waals surface area contributed by atoms with Gasteiger partial charge in [0.2, 0.25) is 0 Å². The molecule has 6 nitrogen and oxygen atoms in total. The highest BCUT2D eigenvalue weighted by molar-refractivity contribution is 5.96. The summed E-state index contributed by atoms with van der Waals surface area (Å²) in [7, 11) is 0. The fraction of sp³-hybridized carbons (Fsp3) is 0.417. The maximum atomic E-state index is 13.4. The number of para-hydroxylation sites is 2. The van der Waals surface area contributed by atoms with Gasteiger partial charge in [0.05, 0.1) is 28.2 Å². The predicted molar refractivity (Wildman–Crippen MR) is 165 cm³/mol. The Hall–Kier alpha value is -3.95. The Morgan fingerprint density at radius 3 is 2.31 bits per heavy atom. The number of carbonyl (C=O) groups excluding carboxylic acids is 1. The maximum absolute atomic E-state index is 13.4. The van der Waals surface area contributed by atoms with Gasteiger partial charge >= 0.3 is 0 Å². The first kappa shape index (κ1) is 26.9. The normalized spacial score (nSPS) is 23.6. The SMILES string of the molecule is Cc1nc2ccccc2n1C1C[C@H]2CC[C@@H](C1)N2CCC1(c2ccccc2)CCN(C(=O)c2ccccc2C#N)CC1. The molecule has 3 saturated heterocycles. The van der Waals surface area contributed by atoms with Gasteiger partial charge in [-0.3, -0.25) is 9.69 Å². The Bertz CT molecular complexity index is 1610. The molecule has 3 atom stereocenters. The van der Waals surface area contributed by atoms with Gasteiger partial charge in [0.25, 0.3) is 5.91 Å². The standard InChI is InChI=1S/C36H39N5O/c1-26-38-33-13-7-8-14-34(33)41(26)31-23-29-15-16-30(24-31)40(29)22-19-36(28-10-3-2-4-11-28)17-20-39(21-18-36)35(42)32-12-6-5-9-27(32)25-37/h2-14,29-31H,15-24H2,1H3/t29-,30+,31?. The molecule has 1 aromatic heterocycles. The van der Waals surface area contributed by atoms with Crippen LogP contribution >= 0.6 is 0 Å². The Kier molecular flexibility index (Phi) is 7.07. The Morgan fingerprint density at radius 2 is 1.57 bits per heavy atom. The number of likely N-dealkylation sites (tertiary alicyclic amines) is 1. The molecule has 1 amide bonds. The lowest BCUT2D eigenvalue weighted by Gasteiger charge is -2.45. The van der Waals surface area contributed by atoms with Crippen LogP contribution in [-0.2, 0) is 5.41 Å². The van der Waals surface area contributed by atoms with Crippen molar-refractivity contribution in [3.63, 3.8) is 0 Å². The van der Waals surface area contributed by atoms with Crippen LogP contribution < -0.4 is 0 Å². The topological polar surface area (TPSA) is 65.2 Å². The Labute approximate surface area is 248 Å². The van der Waals surface area contributed by atoms with E-state index < -0.39 is 0 Å². The van der Waals surface area contributed by atoms with Gasteiger partial charge in [0.1, 0.15) is 5.82 Å². The van der Waals surface area contributed by atoms with Crippen LogP contribution in [0.4, 0.5) is 0 Å². The van der Waals surface area contributed by atoms with Crippen molar-refractivity contribution < 1.29 is 4.79 Å². The van der Waals surface area contributed by atoms with Crippen molar-refractivity contribution in [1.29, 1.82) is 5.26 Å². The molecule has 4 heterocycles. The molecule has 3 fully saturated rings. The summed E-state index contributed by atoms with van der Waals surface area (Å²) in [5.41, 5.74) is 4.82. The molecule has 3 aliphatic heterocycles. The summed E-state index contributed by atoms with van der Waals surface area (Å²) in [6.07, 6.45) is 7.95. The molecule has 0 aliphatic carbocycles. The molecule has 0 N–H and O–H groups in total. The lowest BCUT2D eigenvalue weighted by atomic mass is 9.70. The number of aromatic nitrogens is 2. The minimum atomic E-state index is -0.0174. The van der Waals surface area contributed by atoms with Crippen molar-refractivity contribution in [2.24, 2.45) is 0 Å². The number of nitrogens with zero attached hydrogens (tertiary/aromatic N) is 5. The van der Waals surface area contributed by atoms with E-state index in [0.717, 1.165) is 50.2 Å². The Balaban J connectivity index is 1.07. The number of aryl methyl sites for hydroxylation is 1. The molecule has 7 rings (SSSR count). The largest absolute Gasteiger partial charge is 0.339 e. The number of hydrogen-bond acceptors (Lipinski definition) is 4. The monoisotopic (exact) mass is 557 g/mol. The van der Waals surface area contributed by atoms with Crippen LogP contribution in [0, 0.1) is 18.3 Å². The lowest BCUT2D eigenvalue weighted by Crippen LogP contribution is -2.49. The third-order valence-corrected chi connectivity index (χ3v) is 10.5. The number of benzene rings is 3. The zero-order valence-corrected chi connectivity index (χ0v) is 24.5. The fourth-order valence-electron chi connectivity index (χ4n) is 8.34. The minimum absolute atomic E-state index is 0.0174. The fourth-order valence-corrected chi connectivity index (χ4v) is 8.34. The first-order valence-electron chi connectivity index (χ1n) is 15.6. The second kappa shape index (κ2) is 11.0. The van der Waals surface area contributed by atoms with Crippen molar-refractivity contribution in [3.05, 3.63) is 101 Å². The average molecular weight is 558 g/mol. The van der Waals surface area contributed by atoms with E-state index in [2.05, 4.69) is 77.1 Å². The first-order valence-corrected chi connectivity index (χ1v) is 15.6. The van der Waals surface area contributed by atoms with Gasteiger partial charge in [-0.2, -0.15) is 5.26 Å². The lowest BCUT2D eigenvalue weighted by molar-refractivity contribution is 0.0606. The number of rotatable bonds is 6. The van der Waals surface area contributed by atoms with E-state index in [1.165, 1.54) is 36.8 Å². The van der Waals surface area contributed by atoms with Crippen LogP contribution in [0.15, 0.2) is 78.9 Å². The Morgan fingerprint density at radius 1 is 0.905 bits per heavy atom. The first-order chi connectivity index (χ1) is 20.6. The number of carbonyl (C=O) groups is 1. The molecule has 0 saturated carbocycles. The molecule has 1 unspecified atom stereocenters. The van der Waals surface area contributed by atoms with Gasteiger partial charge in [0.15, 0.2) is 0 Å². The van der Waals surface area contributed by atoms with Crippen LogP contribution in [0.5, 0.6) is 0 Å². The number of fused-ring (bicyclic) bond motifs is 3. The van der Waals surface area contributed by atoms with Crippen LogP contribution in [0.3, 0.4) is 0 Å². The van der Waals surface area contributed by atoms with Gasteiger partial charge in [-0.15, -0.1) is 0 Å².